The summed E-state index contributed by atoms with van der Waals surface area (Å²) in [6, 6.07) is 12.1. The predicted molar refractivity (Wildman–Crippen MR) is 133 cm³/mol. The Morgan fingerprint density at radius 3 is 2.45 bits per heavy atom. The van der Waals surface area contributed by atoms with Gasteiger partial charge in [-0.2, -0.15) is 0 Å². The molecular formula is C27H37N3O3. The fourth-order valence-electron chi connectivity index (χ4n) is 4.02. The molecule has 1 saturated heterocycles. The SMILES string of the molecule is Cc1ccc(C)c(OCCCCC(=O)N2CCN(CC(=O)Nc3cccc(C)c3C)CC2)c1. The molecule has 1 N–H and O–H groups in total. The van der Waals surface area contributed by atoms with Crippen LogP contribution in [0.15, 0.2) is 36.4 Å². The molecule has 1 aliphatic heterocycles. The number of rotatable bonds is 9. The minimum atomic E-state index is -0.00711. The molecule has 0 unspecified atom stereocenters. The summed E-state index contributed by atoms with van der Waals surface area (Å²) in [5.41, 5.74) is 5.46. The molecule has 2 aromatic carbocycles. The van der Waals surface area contributed by atoms with Gasteiger partial charge in [-0.05, 0) is 74.9 Å². The van der Waals surface area contributed by atoms with E-state index in [9.17, 15) is 9.59 Å². The Morgan fingerprint density at radius 2 is 1.70 bits per heavy atom. The lowest BCUT2D eigenvalue weighted by molar-refractivity contribution is -0.133. The number of piperazine rings is 1. The number of carbonyl (C=O) groups is 2. The second-order valence-electron chi connectivity index (χ2n) is 9.03. The number of benzene rings is 2. The number of hydrogen-bond acceptors (Lipinski definition) is 4. The van der Waals surface area contributed by atoms with Crippen LogP contribution in [0.5, 0.6) is 5.75 Å². The Balaban J connectivity index is 1.32. The maximum Gasteiger partial charge on any atom is 0.238 e. The lowest BCUT2D eigenvalue weighted by Gasteiger charge is -2.34. The van der Waals surface area contributed by atoms with Gasteiger partial charge in [0.15, 0.2) is 0 Å². The minimum Gasteiger partial charge on any atom is -0.493 e. The van der Waals surface area contributed by atoms with Gasteiger partial charge < -0.3 is 15.0 Å². The normalized spacial score (nSPS) is 14.2. The molecular weight excluding hydrogens is 414 g/mol. The number of ether oxygens (including phenoxy) is 1. The van der Waals surface area contributed by atoms with Crippen molar-refractivity contribution in [2.45, 2.75) is 47.0 Å². The third kappa shape index (κ3) is 7.32. The van der Waals surface area contributed by atoms with Crippen LogP contribution in [0.1, 0.15) is 41.5 Å². The summed E-state index contributed by atoms with van der Waals surface area (Å²) in [6.07, 6.45) is 2.23. The van der Waals surface area contributed by atoms with Crippen molar-refractivity contribution in [1.29, 1.82) is 0 Å². The number of anilines is 1. The highest BCUT2D eigenvalue weighted by molar-refractivity contribution is 5.93. The van der Waals surface area contributed by atoms with Crippen molar-refractivity contribution in [1.82, 2.24) is 9.80 Å². The van der Waals surface area contributed by atoms with E-state index < -0.39 is 0 Å². The highest BCUT2D eigenvalue weighted by atomic mass is 16.5. The van der Waals surface area contributed by atoms with E-state index in [1.165, 1.54) is 5.56 Å². The fourth-order valence-corrected chi connectivity index (χ4v) is 4.02. The van der Waals surface area contributed by atoms with Gasteiger partial charge in [-0.3, -0.25) is 14.5 Å². The van der Waals surface area contributed by atoms with Gasteiger partial charge in [0, 0.05) is 38.3 Å². The van der Waals surface area contributed by atoms with Crippen molar-refractivity contribution in [3.8, 4) is 5.75 Å². The van der Waals surface area contributed by atoms with E-state index in [0.29, 0.717) is 32.7 Å². The standard InChI is InChI=1S/C27H37N3O3/c1-20-11-12-22(3)25(18-20)33-17-6-5-10-27(32)30-15-13-29(14-16-30)19-26(31)28-24-9-7-8-21(2)23(24)4/h7-9,11-12,18H,5-6,10,13-17,19H2,1-4H3,(H,28,31). The number of aryl methyl sites for hydroxylation is 3. The molecule has 0 aliphatic carbocycles. The lowest BCUT2D eigenvalue weighted by Crippen LogP contribution is -2.50. The van der Waals surface area contributed by atoms with E-state index in [-0.39, 0.29) is 11.8 Å². The molecule has 0 atom stereocenters. The molecule has 178 valence electrons. The molecule has 0 saturated carbocycles. The third-order valence-electron chi connectivity index (χ3n) is 6.36. The number of nitrogens with one attached hydrogen (secondary N) is 1. The van der Waals surface area contributed by atoms with E-state index in [0.717, 1.165) is 54.1 Å². The summed E-state index contributed by atoms with van der Waals surface area (Å²) in [7, 11) is 0. The fraction of sp³-hybridized carbons (Fsp3) is 0.481. The first-order valence-electron chi connectivity index (χ1n) is 11.9. The second-order valence-corrected chi connectivity index (χ2v) is 9.03. The Kier molecular flexibility index (Phi) is 8.89. The quantitative estimate of drug-likeness (QED) is 0.579. The molecule has 2 aromatic rings. The molecule has 2 amide bonds. The van der Waals surface area contributed by atoms with Crippen LogP contribution >= 0.6 is 0 Å². The van der Waals surface area contributed by atoms with Crippen LogP contribution in [0, 0.1) is 27.7 Å². The van der Waals surface area contributed by atoms with E-state index in [1.54, 1.807) is 0 Å². The largest absolute Gasteiger partial charge is 0.493 e. The van der Waals surface area contributed by atoms with Crippen molar-refractivity contribution in [2.75, 3.05) is 44.6 Å². The zero-order valence-corrected chi connectivity index (χ0v) is 20.4. The molecule has 0 aromatic heterocycles. The van der Waals surface area contributed by atoms with Gasteiger partial charge in [-0.1, -0.05) is 24.3 Å². The van der Waals surface area contributed by atoms with Crippen LogP contribution in [0.25, 0.3) is 0 Å². The van der Waals surface area contributed by atoms with E-state index in [4.69, 9.17) is 4.74 Å². The zero-order valence-electron chi connectivity index (χ0n) is 20.4. The molecule has 6 nitrogen and oxygen atoms in total. The van der Waals surface area contributed by atoms with Crippen LogP contribution < -0.4 is 10.1 Å². The number of unbranched alkanes of at least 4 members (excludes halogenated alkanes) is 1. The van der Waals surface area contributed by atoms with Crippen molar-refractivity contribution < 1.29 is 14.3 Å². The van der Waals surface area contributed by atoms with Crippen LogP contribution in [0.4, 0.5) is 5.69 Å². The topological polar surface area (TPSA) is 61.9 Å². The monoisotopic (exact) mass is 451 g/mol. The van der Waals surface area contributed by atoms with Crippen LogP contribution in [-0.4, -0.2) is 60.9 Å². The van der Waals surface area contributed by atoms with Crippen molar-refractivity contribution >= 4 is 17.5 Å². The van der Waals surface area contributed by atoms with E-state index >= 15 is 0 Å². The molecule has 1 aliphatic rings. The zero-order chi connectivity index (χ0) is 23.8. The maximum absolute atomic E-state index is 12.6. The highest BCUT2D eigenvalue weighted by Gasteiger charge is 2.22. The van der Waals surface area contributed by atoms with Crippen LogP contribution in [0.2, 0.25) is 0 Å². The predicted octanol–water partition coefficient (Wildman–Crippen LogP) is 4.25. The van der Waals surface area contributed by atoms with Crippen LogP contribution in [-0.2, 0) is 9.59 Å². The van der Waals surface area contributed by atoms with Gasteiger partial charge in [-0.25, -0.2) is 0 Å². The number of amides is 2. The first kappa shape index (κ1) is 24.8. The minimum absolute atomic E-state index is 0.00711. The molecule has 3 rings (SSSR count). The molecule has 6 heteroatoms. The maximum atomic E-state index is 12.6. The molecule has 0 spiro atoms. The Labute approximate surface area is 197 Å². The van der Waals surface area contributed by atoms with Gasteiger partial charge in [0.1, 0.15) is 5.75 Å². The average molecular weight is 452 g/mol. The average Bonchev–Trinajstić information content (AvgIpc) is 2.79. The van der Waals surface area contributed by atoms with Gasteiger partial charge in [0.25, 0.3) is 0 Å². The number of hydrogen-bond donors (Lipinski definition) is 1. The smallest absolute Gasteiger partial charge is 0.238 e. The first-order valence-corrected chi connectivity index (χ1v) is 11.9. The molecule has 1 fully saturated rings. The van der Waals surface area contributed by atoms with E-state index in [2.05, 4.69) is 35.3 Å². The van der Waals surface area contributed by atoms with Crippen molar-refractivity contribution in [3.05, 3.63) is 58.7 Å². The van der Waals surface area contributed by atoms with E-state index in [1.807, 2.05) is 43.9 Å². The molecule has 33 heavy (non-hydrogen) atoms. The Bertz CT molecular complexity index is 965. The summed E-state index contributed by atoms with van der Waals surface area (Å²) in [6.45, 7) is 11.9. The van der Waals surface area contributed by atoms with Gasteiger partial charge in [-0.15, -0.1) is 0 Å². The summed E-state index contributed by atoms with van der Waals surface area (Å²) in [5.74, 6) is 1.12. The van der Waals surface area contributed by atoms with Gasteiger partial charge in [0.2, 0.25) is 11.8 Å². The van der Waals surface area contributed by atoms with Crippen LogP contribution in [0.3, 0.4) is 0 Å². The Hall–Kier alpha value is -2.86. The first-order chi connectivity index (χ1) is 15.8. The summed E-state index contributed by atoms with van der Waals surface area (Å²) in [5, 5.41) is 3.02. The highest BCUT2D eigenvalue weighted by Crippen LogP contribution is 2.20. The number of nitrogens with zero attached hydrogens (tertiary/aromatic N) is 2. The summed E-state index contributed by atoms with van der Waals surface area (Å²) >= 11 is 0. The van der Waals surface area contributed by atoms with Crippen molar-refractivity contribution in [2.24, 2.45) is 0 Å². The third-order valence-corrected chi connectivity index (χ3v) is 6.36. The summed E-state index contributed by atoms with van der Waals surface area (Å²) < 4.78 is 5.88. The van der Waals surface area contributed by atoms with Gasteiger partial charge >= 0.3 is 0 Å². The second kappa shape index (κ2) is 11.8. The Morgan fingerprint density at radius 1 is 0.939 bits per heavy atom. The van der Waals surface area contributed by atoms with Crippen molar-refractivity contribution in [3.63, 3.8) is 0 Å². The molecule has 1 heterocycles. The lowest BCUT2D eigenvalue weighted by atomic mass is 10.1. The summed E-state index contributed by atoms with van der Waals surface area (Å²) in [4.78, 5) is 29.1. The molecule has 0 radical (unpaired) electrons. The van der Waals surface area contributed by atoms with Gasteiger partial charge in [0.05, 0.1) is 13.2 Å². The molecule has 0 bridgehead atoms. The number of carbonyl (C=O) groups excluding carboxylic acids is 2.